The number of nitrogens with zero attached hydrogens (tertiary/aromatic N) is 11. The maximum absolute atomic E-state index is 11.5. The number of ketones is 1. The molecule has 0 amide bonds. The molecule has 6 aromatic rings. The molecule has 0 radical (unpaired) electrons. The minimum atomic E-state index is -1.07. The monoisotopic (exact) mass is 907 g/mol. The summed E-state index contributed by atoms with van der Waals surface area (Å²) in [4.78, 5) is 50.5. The summed E-state index contributed by atoms with van der Waals surface area (Å²) >= 11 is 5.61. The van der Waals surface area contributed by atoms with Gasteiger partial charge in [0.2, 0.25) is 0 Å². The molecule has 15 rings (SSSR count). The van der Waals surface area contributed by atoms with E-state index in [9.17, 15) is 14.4 Å². The summed E-state index contributed by atoms with van der Waals surface area (Å²) in [6.07, 6.45) is 19.6. The van der Waals surface area contributed by atoms with Gasteiger partial charge in [0.15, 0.2) is 22.7 Å². The number of morpholine rings is 2. The quantitative estimate of drug-likeness (QED) is 0.137. The number of carbonyl (C=O) groups excluding carboxylic acids is 1. The average Bonchev–Trinajstić information content (AvgIpc) is 3.95. The summed E-state index contributed by atoms with van der Waals surface area (Å²) < 4.78 is 21.1. The molecule has 9 fully saturated rings. The Morgan fingerprint density at radius 3 is 1.33 bits per heavy atom. The van der Waals surface area contributed by atoms with Crippen LogP contribution >= 0.6 is 24.0 Å². The van der Waals surface area contributed by atoms with Crippen LogP contribution < -0.4 is 28.7 Å². The zero-order valence-electron chi connectivity index (χ0n) is 33.7. The maximum Gasteiger partial charge on any atom is 1.00 e. The normalized spacial score (nSPS) is 22.8. The van der Waals surface area contributed by atoms with E-state index in [-0.39, 0.29) is 77.4 Å². The first-order valence-corrected chi connectivity index (χ1v) is 19.5. The molecule has 24 heteroatoms. The van der Waals surface area contributed by atoms with Gasteiger partial charge in [-0.3, -0.25) is 4.79 Å². The first-order chi connectivity index (χ1) is 28.0. The smallest absolute Gasteiger partial charge is 0.870 e. The Balaban J connectivity index is 0.000000188. The third-order valence-corrected chi connectivity index (χ3v) is 11.2. The number of carbonyl (C=O) groups is 3. The van der Waals surface area contributed by atoms with E-state index >= 15 is 0 Å². The number of halogens is 2. The zero-order valence-corrected chi connectivity index (χ0v) is 35.3. The largest absolute Gasteiger partial charge is 1.00 e. The van der Waals surface area contributed by atoms with Crippen LogP contribution in [0.25, 0.3) is 16.9 Å². The number of Topliss-reactive ketones (excluding diaryl/α,β-unsaturated/α-hetero) is 1. The van der Waals surface area contributed by atoms with Crippen molar-refractivity contribution in [2.24, 2.45) is 0 Å². The molecule has 14 heterocycles. The molecule has 63 heavy (non-hydrogen) atoms. The van der Waals surface area contributed by atoms with E-state index in [1.165, 1.54) is 60.1 Å². The second-order valence-electron chi connectivity index (χ2n) is 15.1. The van der Waals surface area contributed by atoms with E-state index < -0.39 is 11.9 Å². The van der Waals surface area contributed by atoms with Gasteiger partial charge in [-0.15, -0.1) is 12.4 Å². The second-order valence-corrected chi connectivity index (χ2v) is 15.4. The van der Waals surface area contributed by atoms with Crippen molar-refractivity contribution >= 4 is 70.3 Å². The van der Waals surface area contributed by atoms with Gasteiger partial charge < -0.3 is 45.2 Å². The molecule has 5 N–H and O–H groups in total. The van der Waals surface area contributed by atoms with E-state index in [1.54, 1.807) is 23.1 Å². The number of aromatic nitrogens is 9. The van der Waals surface area contributed by atoms with Gasteiger partial charge in [-0.1, -0.05) is 19.0 Å². The van der Waals surface area contributed by atoms with Gasteiger partial charge in [0.1, 0.15) is 27.9 Å². The summed E-state index contributed by atoms with van der Waals surface area (Å²) in [6, 6.07) is 5.33. The van der Waals surface area contributed by atoms with Crippen LogP contribution in [0.5, 0.6) is 0 Å². The van der Waals surface area contributed by atoms with Crippen LogP contribution in [-0.2, 0) is 14.2 Å². The van der Waals surface area contributed by atoms with E-state index in [4.69, 9.17) is 36.0 Å². The maximum atomic E-state index is 11.5. The standard InChI is InChI=1S/C13H14N4O2.C12H12N4O3.C7H4ClN3O2.C6H10O.CH4.ClH.Li.2H2O/c1-8(18)11-5-14-17-3-2-12(15-13(11)17)16-6-9-4-10(7-16)19-9;17-12(18)9-4-13-16-2-1-10(14-11(9)16)15-5-7-3-8(6-15)19-7;8-5-1-2-11-6(10-5)4(3-9-11)7(12)13;1-2-5-4-6(3-1)7-5;;;;;/h2-3,5,9-10H,4,6-7H2,1H3;1-2,4,7-8H,3,5-6H2,(H,17,18);1-3H,(H,12,13);5-6H,1-4H2;1H4;1H;;2*1H2/q;;;;;;+1;;/p-1. The van der Waals surface area contributed by atoms with Crippen LogP contribution in [0.3, 0.4) is 0 Å². The first kappa shape index (κ1) is 50.7. The molecular weight excluding hydrogens is 860 g/mol. The Morgan fingerprint density at radius 2 is 0.984 bits per heavy atom. The molecule has 1 aliphatic carbocycles. The molecule has 334 valence electrons. The Hall–Kier alpha value is -4.95. The van der Waals surface area contributed by atoms with Crippen LogP contribution in [-0.4, -0.2) is 145 Å². The van der Waals surface area contributed by atoms with Crippen LogP contribution in [0.15, 0.2) is 55.4 Å². The van der Waals surface area contributed by atoms with Crippen molar-refractivity contribution in [3.8, 4) is 0 Å². The number of hydrogen-bond acceptors (Lipinski definition) is 15. The minimum Gasteiger partial charge on any atom is -0.870 e. The fraction of sp³-hybridized carbons (Fsp3) is 0.462. The van der Waals surface area contributed by atoms with Gasteiger partial charge >= 0.3 is 30.8 Å². The van der Waals surface area contributed by atoms with Gasteiger partial charge in [0.25, 0.3) is 0 Å². The molecule has 6 unspecified atom stereocenters. The molecule has 0 spiro atoms. The van der Waals surface area contributed by atoms with Gasteiger partial charge in [0.05, 0.1) is 60.8 Å². The number of piperidine rings is 2. The molecular formula is C39H48Cl2LiN11O10. The van der Waals surface area contributed by atoms with Crippen LogP contribution in [0.2, 0.25) is 5.15 Å². The Labute approximate surface area is 383 Å². The number of carboxylic acids is 2. The van der Waals surface area contributed by atoms with Crippen molar-refractivity contribution in [3.63, 3.8) is 0 Å². The van der Waals surface area contributed by atoms with Gasteiger partial charge in [-0.25, -0.2) is 38.1 Å². The van der Waals surface area contributed by atoms with Crippen molar-refractivity contribution in [2.75, 3.05) is 36.0 Å². The molecule has 1 saturated carbocycles. The molecule has 6 atom stereocenters. The van der Waals surface area contributed by atoms with Crippen LogP contribution in [0.1, 0.15) is 83.9 Å². The average molecular weight is 909 g/mol. The summed E-state index contributed by atoms with van der Waals surface area (Å²) in [7, 11) is 0. The van der Waals surface area contributed by atoms with E-state index in [1.807, 2.05) is 18.3 Å². The van der Waals surface area contributed by atoms with Gasteiger partial charge in [-0.05, 0) is 50.8 Å². The first-order valence-electron chi connectivity index (χ1n) is 19.2. The third kappa shape index (κ3) is 10.7. The van der Waals surface area contributed by atoms with Crippen LogP contribution in [0, 0.1) is 0 Å². The Bertz CT molecular complexity index is 2380. The summed E-state index contributed by atoms with van der Waals surface area (Å²) in [5.41, 5.74) is 2.00. The summed E-state index contributed by atoms with van der Waals surface area (Å²) in [6.45, 7) is 4.92. The van der Waals surface area contributed by atoms with Crippen molar-refractivity contribution in [2.45, 2.75) is 89.5 Å². The Kier molecular flexibility index (Phi) is 17.0. The van der Waals surface area contributed by atoms with Crippen LogP contribution in [0.4, 0.5) is 11.6 Å². The number of aromatic carboxylic acids is 2. The van der Waals surface area contributed by atoms with Crippen molar-refractivity contribution in [1.82, 2.24) is 43.8 Å². The molecule has 21 nitrogen and oxygen atoms in total. The molecule has 9 aliphatic rings. The predicted molar refractivity (Wildman–Crippen MR) is 226 cm³/mol. The number of anilines is 2. The molecule has 0 aromatic carbocycles. The Morgan fingerprint density at radius 1 is 0.635 bits per heavy atom. The minimum absolute atomic E-state index is 0. The topological polar surface area (TPSA) is 278 Å². The number of fused-ring (bicyclic) bond motifs is 9. The van der Waals surface area contributed by atoms with E-state index in [2.05, 4.69) is 40.0 Å². The van der Waals surface area contributed by atoms with E-state index in [0.717, 1.165) is 50.7 Å². The SMILES string of the molecule is C.C1CC2CC(C1)O2.CC(=O)c1cnn2ccc(N3CC4CC(C3)O4)nc12.Cl.O.O=C(O)c1cnn2ccc(Cl)nc12.O=C(O)c1cnn2ccc(N3CC4CC(C3)O4)nc12.[Li+].[OH-]. The van der Waals surface area contributed by atoms with Crippen molar-refractivity contribution in [1.29, 1.82) is 0 Å². The number of hydrogen-bond donors (Lipinski definition) is 2. The fourth-order valence-corrected chi connectivity index (χ4v) is 8.19. The van der Waals surface area contributed by atoms with Gasteiger partial charge in [-0.2, -0.15) is 15.3 Å². The third-order valence-electron chi connectivity index (χ3n) is 11.0. The summed E-state index contributed by atoms with van der Waals surface area (Å²) in [5.74, 6) is -0.402. The van der Waals surface area contributed by atoms with E-state index in [0.29, 0.717) is 53.5 Å². The number of ether oxygens (including phenoxy) is 3. The molecule has 6 bridgehead atoms. The predicted octanol–water partition coefficient (Wildman–Crippen LogP) is 0.784. The zero-order chi connectivity index (χ0) is 40.1. The summed E-state index contributed by atoms with van der Waals surface area (Å²) in [5, 5.41) is 30.0. The molecule has 8 saturated heterocycles. The number of rotatable bonds is 5. The van der Waals surface area contributed by atoms with Crippen molar-refractivity contribution < 1.29 is 68.6 Å². The second kappa shape index (κ2) is 21.2. The fourth-order valence-electron chi connectivity index (χ4n) is 8.05. The molecule has 6 aromatic heterocycles. The van der Waals surface area contributed by atoms with Crippen molar-refractivity contribution in [3.05, 3.63) is 77.2 Å². The molecule has 8 aliphatic heterocycles. The number of carboxylic acid groups (broad SMARTS) is 2. The van der Waals surface area contributed by atoms with Gasteiger partial charge in [0, 0.05) is 57.6 Å².